The van der Waals surface area contributed by atoms with E-state index in [1.807, 2.05) is 25.1 Å². The van der Waals surface area contributed by atoms with Gasteiger partial charge in [-0.15, -0.1) is 0 Å². The number of ketones is 1. The molecule has 2 atom stereocenters. The molecule has 1 aromatic rings. The Bertz CT molecular complexity index is 442. The van der Waals surface area contributed by atoms with Crippen molar-refractivity contribution in [3.63, 3.8) is 0 Å². The van der Waals surface area contributed by atoms with Crippen LogP contribution in [0.25, 0.3) is 0 Å². The van der Waals surface area contributed by atoms with Crippen LogP contribution < -0.4 is 0 Å². The molecule has 1 aliphatic carbocycles. The van der Waals surface area contributed by atoms with Gasteiger partial charge >= 0.3 is 0 Å². The van der Waals surface area contributed by atoms with Crippen LogP contribution in [0.5, 0.6) is 0 Å². The van der Waals surface area contributed by atoms with Crippen molar-refractivity contribution in [1.82, 2.24) is 0 Å². The maximum absolute atomic E-state index is 12.6. The van der Waals surface area contributed by atoms with Crippen molar-refractivity contribution in [2.45, 2.75) is 40.0 Å². The maximum Gasteiger partial charge on any atom is 0.167 e. The largest absolute Gasteiger partial charge is 0.294 e. The lowest BCUT2D eigenvalue weighted by atomic mass is 9.74. The number of benzene rings is 1. The first kappa shape index (κ1) is 13.8. The van der Waals surface area contributed by atoms with Gasteiger partial charge in [-0.25, -0.2) is 0 Å². The van der Waals surface area contributed by atoms with Crippen molar-refractivity contribution in [2.24, 2.45) is 17.8 Å². The summed E-state index contributed by atoms with van der Waals surface area (Å²) in [7, 11) is 0. The van der Waals surface area contributed by atoms with E-state index < -0.39 is 0 Å². The van der Waals surface area contributed by atoms with E-state index in [9.17, 15) is 4.79 Å². The van der Waals surface area contributed by atoms with Gasteiger partial charge in [-0.2, -0.15) is 0 Å². The summed E-state index contributed by atoms with van der Waals surface area (Å²) >= 11 is 3.56. The van der Waals surface area contributed by atoms with Crippen LogP contribution in [0.3, 0.4) is 0 Å². The van der Waals surface area contributed by atoms with Crippen molar-refractivity contribution in [3.05, 3.63) is 33.8 Å². The van der Waals surface area contributed by atoms with Gasteiger partial charge in [0.1, 0.15) is 0 Å². The molecule has 1 nitrogen and oxygen atoms in total. The molecule has 2 rings (SSSR count). The number of carbonyl (C=O) groups is 1. The lowest BCUT2D eigenvalue weighted by Crippen LogP contribution is -2.26. The van der Waals surface area contributed by atoms with E-state index in [0.717, 1.165) is 28.4 Å². The fourth-order valence-electron chi connectivity index (χ4n) is 3.22. The van der Waals surface area contributed by atoms with Crippen molar-refractivity contribution < 1.29 is 4.79 Å². The molecule has 1 aromatic carbocycles. The summed E-state index contributed by atoms with van der Waals surface area (Å²) in [6.07, 6.45) is 3.35. The molecule has 18 heavy (non-hydrogen) atoms. The van der Waals surface area contributed by atoms with Crippen molar-refractivity contribution in [3.8, 4) is 0 Å². The smallest absolute Gasteiger partial charge is 0.167 e. The number of aryl methyl sites for hydroxylation is 1. The molecule has 0 aromatic heterocycles. The van der Waals surface area contributed by atoms with E-state index in [2.05, 4.69) is 29.8 Å². The van der Waals surface area contributed by atoms with Gasteiger partial charge in [0.25, 0.3) is 0 Å². The first-order valence-corrected chi connectivity index (χ1v) is 7.57. The fraction of sp³-hybridized carbons (Fsp3) is 0.562. The fourth-order valence-corrected chi connectivity index (χ4v) is 3.68. The van der Waals surface area contributed by atoms with Crippen LogP contribution in [0, 0.1) is 24.7 Å². The molecule has 0 spiro atoms. The first-order valence-electron chi connectivity index (χ1n) is 6.78. The van der Waals surface area contributed by atoms with E-state index in [0.29, 0.717) is 17.6 Å². The zero-order chi connectivity index (χ0) is 13.3. The number of rotatable bonds is 2. The van der Waals surface area contributed by atoms with Crippen LogP contribution >= 0.6 is 15.9 Å². The van der Waals surface area contributed by atoms with Crippen LogP contribution in [-0.4, -0.2) is 5.78 Å². The second-order valence-electron chi connectivity index (χ2n) is 5.92. The summed E-state index contributed by atoms with van der Waals surface area (Å²) in [5.41, 5.74) is 2.00. The standard InChI is InChI=1S/C16H21BrO/c1-10-7-11(2)9-13(8-10)16(18)14-6-4-5-12(3)15(14)17/h4-6,10-11,13H,7-9H2,1-3H3. The lowest BCUT2D eigenvalue weighted by molar-refractivity contribution is 0.0835. The van der Waals surface area contributed by atoms with Crippen LogP contribution in [0.1, 0.15) is 49.0 Å². The second-order valence-corrected chi connectivity index (χ2v) is 6.71. The molecule has 2 heteroatoms. The van der Waals surface area contributed by atoms with Gasteiger partial charge in [-0.3, -0.25) is 4.79 Å². The molecule has 0 N–H and O–H groups in total. The van der Waals surface area contributed by atoms with Gasteiger partial charge in [-0.1, -0.05) is 32.0 Å². The summed E-state index contributed by atoms with van der Waals surface area (Å²) in [5, 5.41) is 0. The Morgan fingerprint density at radius 3 is 2.39 bits per heavy atom. The Kier molecular flexibility index (Phi) is 4.26. The monoisotopic (exact) mass is 308 g/mol. The highest BCUT2D eigenvalue weighted by Crippen LogP contribution is 2.36. The minimum Gasteiger partial charge on any atom is -0.294 e. The molecule has 0 amide bonds. The number of hydrogen-bond acceptors (Lipinski definition) is 1. The Hall–Kier alpha value is -0.630. The predicted molar refractivity (Wildman–Crippen MR) is 78.9 cm³/mol. The topological polar surface area (TPSA) is 17.1 Å². The Morgan fingerprint density at radius 1 is 1.17 bits per heavy atom. The van der Waals surface area contributed by atoms with E-state index >= 15 is 0 Å². The summed E-state index contributed by atoms with van der Waals surface area (Å²) < 4.78 is 0.973. The normalized spacial score (nSPS) is 28.1. The van der Waals surface area contributed by atoms with E-state index in [4.69, 9.17) is 0 Å². The Morgan fingerprint density at radius 2 is 1.78 bits per heavy atom. The molecule has 1 saturated carbocycles. The summed E-state index contributed by atoms with van der Waals surface area (Å²) in [5.74, 6) is 1.88. The van der Waals surface area contributed by atoms with Crippen molar-refractivity contribution in [1.29, 1.82) is 0 Å². The number of carbonyl (C=O) groups excluding carboxylic acids is 1. The van der Waals surface area contributed by atoms with Crippen LogP contribution in [0.15, 0.2) is 22.7 Å². The van der Waals surface area contributed by atoms with Crippen LogP contribution in [-0.2, 0) is 0 Å². The quantitative estimate of drug-likeness (QED) is 0.702. The molecule has 0 bridgehead atoms. The third-order valence-corrected chi connectivity index (χ3v) is 5.06. The SMILES string of the molecule is Cc1cccc(C(=O)C2CC(C)CC(C)C2)c1Br. The third-order valence-electron chi connectivity index (χ3n) is 4.01. The molecule has 0 radical (unpaired) electrons. The summed E-state index contributed by atoms with van der Waals surface area (Å²) in [6, 6.07) is 5.96. The maximum atomic E-state index is 12.6. The molecular weight excluding hydrogens is 288 g/mol. The number of Topliss-reactive ketones (excluding diaryl/α,β-unsaturated/α-hetero) is 1. The van der Waals surface area contributed by atoms with Gasteiger partial charge in [0.05, 0.1) is 0 Å². The zero-order valence-electron chi connectivity index (χ0n) is 11.4. The van der Waals surface area contributed by atoms with E-state index in [1.165, 1.54) is 6.42 Å². The first-order chi connectivity index (χ1) is 8.49. The van der Waals surface area contributed by atoms with Gasteiger partial charge in [0.15, 0.2) is 5.78 Å². The van der Waals surface area contributed by atoms with E-state index in [1.54, 1.807) is 0 Å². The molecule has 0 heterocycles. The van der Waals surface area contributed by atoms with Crippen LogP contribution in [0.4, 0.5) is 0 Å². The van der Waals surface area contributed by atoms with Gasteiger partial charge in [-0.05, 0) is 59.5 Å². The molecule has 1 aliphatic rings. The predicted octanol–water partition coefficient (Wildman–Crippen LogP) is 5.01. The molecule has 1 fully saturated rings. The van der Waals surface area contributed by atoms with Crippen molar-refractivity contribution in [2.75, 3.05) is 0 Å². The number of hydrogen-bond donors (Lipinski definition) is 0. The zero-order valence-corrected chi connectivity index (χ0v) is 13.0. The van der Waals surface area contributed by atoms with Gasteiger partial charge in [0.2, 0.25) is 0 Å². The average molecular weight is 309 g/mol. The second kappa shape index (κ2) is 5.56. The van der Waals surface area contributed by atoms with Gasteiger partial charge in [0, 0.05) is 16.0 Å². The van der Waals surface area contributed by atoms with Gasteiger partial charge < -0.3 is 0 Å². The van der Waals surface area contributed by atoms with Crippen molar-refractivity contribution >= 4 is 21.7 Å². The summed E-state index contributed by atoms with van der Waals surface area (Å²) in [6.45, 7) is 6.56. The highest BCUT2D eigenvalue weighted by molar-refractivity contribution is 9.10. The molecular formula is C16H21BrO. The third kappa shape index (κ3) is 2.85. The molecule has 98 valence electrons. The Balaban J connectivity index is 2.23. The average Bonchev–Trinajstić information content (AvgIpc) is 2.30. The minimum absolute atomic E-state index is 0.210. The van der Waals surface area contributed by atoms with Crippen LogP contribution in [0.2, 0.25) is 0 Å². The highest BCUT2D eigenvalue weighted by atomic mass is 79.9. The lowest BCUT2D eigenvalue weighted by Gasteiger charge is -2.30. The van der Waals surface area contributed by atoms with E-state index in [-0.39, 0.29) is 5.92 Å². The Labute approximate surface area is 118 Å². The molecule has 0 saturated heterocycles. The highest BCUT2D eigenvalue weighted by Gasteiger charge is 2.30. The molecule has 2 unspecified atom stereocenters. The summed E-state index contributed by atoms with van der Waals surface area (Å²) in [4.78, 5) is 12.6. The molecule has 0 aliphatic heterocycles. The minimum atomic E-state index is 0.210. The number of halogens is 1.